The Hall–Kier alpha value is -2.86. The van der Waals surface area contributed by atoms with Gasteiger partial charge in [0.15, 0.2) is 5.72 Å². The topological polar surface area (TPSA) is 59.1 Å². The van der Waals surface area contributed by atoms with E-state index in [4.69, 9.17) is 9.47 Å². The van der Waals surface area contributed by atoms with Crippen molar-refractivity contribution in [1.29, 1.82) is 0 Å². The van der Waals surface area contributed by atoms with E-state index in [1.54, 1.807) is 17.0 Å². The Kier molecular flexibility index (Phi) is 3.68. The van der Waals surface area contributed by atoms with Crippen LogP contribution in [0.1, 0.15) is 23.2 Å². The van der Waals surface area contributed by atoms with Gasteiger partial charge in [-0.3, -0.25) is 9.59 Å². The molecule has 2 aromatic rings. The third kappa shape index (κ3) is 2.51. The molecule has 0 radical (unpaired) electrons. The highest BCUT2D eigenvalue weighted by Gasteiger charge is 2.62. The summed E-state index contributed by atoms with van der Waals surface area (Å²) in [7, 11) is 0. The number of rotatable bonds is 3. The van der Waals surface area contributed by atoms with E-state index in [0.717, 1.165) is 5.75 Å². The lowest BCUT2D eigenvalue weighted by Crippen LogP contribution is -2.48. The molecule has 0 N–H and O–H groups in total. The van der Waals surface area contributed by atoms with E-state index >= 15 is 0 Å². The van der Waals surface area contributed by atoms with E-state index in [1.165, 1.54) is 0 Å². The number of carbonyl (C=O) groups excluding carboxylic acids is 2. The van der Waals surface area contributed by atoms with Gasteiger partial charge < -0.3 is 19.3 Å². The summed E-state index contributed by atoms with van der Waals surface area (Å²) in [5, 5.41) is 0. The molecule has 0 bridgehead atoms. The van der Waals surface area contributed by atoms with E-state index < -0.39 is 5.72 Å². The monoisotopic (exact) mass is 364 g/mol. The van der Waals surface area contributed by atoms with Gasteiger partial charge in [0, 0.05) is 25.1 Å². The maximum atomic E-state index is 13.2. The summed E-state index contributed by atoms with van der Waals surface area (Å²) in [5.74, 6) is 1.33. The summed E-state index contributed by atoms with van der Waals surface area (Å²) in [6.45, 7) is 1.76. The average molecular weight is 364 g/mol. The quantitative estimate of drug-likeness (QED) is 0.840. The van der Waals surface area contributed by atoms with Crippen LogP contribution in [0.3, 0.4) is 0 Å². The van der Waals surface area contributed by atoms with Crippen molar-refractivity contribution >= 4 is 11.8 Å². The SMILES string of the molecule is O=C(c1cccc(Oc2ccccc2)c1)N1CC[C@@]23OCCN2C(=O)C[C@@H]13. The van der Waals surface area contributed by atoms with Crippen LogP contribution in [0.4, 0.5) is 0 Å². The first-order valence-corrected chi connectivity index (χ1v) is 9.26. The van der Waals surface area contributed by atoms with Crippen molar-refractivity contribution in [1.82, 2.24) is 9.80 Å². The Morgan fingerprint density at radius 3 is 2.74 bits per heavy atom. The van der Waals surface area contributed by atoms with Crippen LogP contribution >= 0.6 is 0 Å². The number of ether oxygens (including phenoxy) is 2. The number of amides is 2. The molecule has 3 heterocycles. The fourth-order valence-corrected chi connectivity index (χ4v) is 4.52. The van der Waals surface area contributed by atoms with E-state index in [1.807, 2.05) is 47.4 Å². The van der Waals surface area contributed by atoms with Crippen LogP contribution < -0.4 is 4.74 Å². The van der Waals surface area contributed by atoms with Gasteiger partial charge >= 0.3 is 0 Å². The van der Waals surface area contributed by atoms with Crippen molar-refractivity contribution in [2.45, 2.75) is 24.6 Å². The van der Waals surface area contributed by atoms with Crippen LogP contribution in [-0.4, -0.2) is 53.1 Å². The highest BCUT2D eigenvalue weighted by Crippen LogP contribution is 2.46. The predicted molar refractivity (Wildman–Crippen MR) is 97.4 cm³/mol. The fraction of sp³-hybridized carbons (Fsp3) is 0.333. The lowest BCUT2D eigenvalue weighted by Gasteiger charge is -2.31. The summed E-state index contributed by atoms with van der Waals surface area (Å²) in [6.07, 6.45) is 1.02. The van der Waals surface area contributed by atoms with Gasteiger partial charge in [-0.2, -0.15) is 0 Å². The minimum atomic E-state index is -0.606. The summed E-state index contributed by atoms with van der Waals surface area (Å²) >= 11 is 0. The Morgan fingerprint density at radius 2 is 1.89 bits per heavy atom. The normalized spacial score (nSPS) is 26.2. The van der Waals surface area contributed by atoms with Gasteiger partial charge in [-0.05, 0) is 30.3 Å². The van der Waals surface area contributed by atoms with Gasteiger partial charge in [-0.1, -0.05) is 24.3 Å². The van der Waals surface area contributed by atoms with Gasteiger partial charge in [0.2, 0.25) is 5.91 Å². The van der Waals surface area contributed by atoms with E-state index in [-0.39, 0.29) is 17.9 Å². The van der Waals surface area contributed by atoms with Crippen LogP contribution in [0.2, 0.25) is 0 Å². The molecule has 3 saturated heterocycles. The van der Waals surface area contributed by atoms with Crippen LogP contribution in [0.5, 0.6) is 11.5 Å². The van der Waals surface area contributed by atoms with E-state index in [2.05, 4.69) is 0 Å². The molecule has 6 nitrogen and oxygen atoms in total. The lowest BCUT2D eigenvalue weighted by atomic mass is 10.1. The summed E-state index contributed by atoms with van der Waals surface area (Å²) in [6, 6.07) is 16.4. The predicted octanol–water partition coefficient (Wildman–Crippen LogP) is 2.65. The maximum Gasteiger partial charge on any atom is 0.254 e. The van der Waals surface area contributed by atoms with Gasteiger partial charge in [0.25, 0.3) is 5.91 Å². The second kappa shape index (κ2) is 6.09. The highest BCUT2D eigenvalue weighted by atomic mass is 16.5. The first kappa shape index (κ1) is 16.3. The molecule has 0 saturated carbocycles. The van der Waals surface area contributed by atoms with E-state index in [9.17, 15) is 9.59 Å². The Labute approximate surface area is 157 Å². The van der Waals surface area contributed by atoms with Crippen LogP contribution in [0.15, 0.2) is 54.6 Å². The Bertz CT molecular complexity index is 900. The van der Waals surface area contributed by atoms with Gasteiger partial charge in [-0.15, -0.1) is 0 Å². The van der Waals surface area contributed by atoms with Crippen molar-refractivity contribution in [3.05, 3.63) is 60.2 Å². The summed E-state index contributed by atoms with van der Waals surface area (Å²) in [4.78, 5) is 29.1. The van der Waals surface area contributed by atoms with Gasteiger partial charge in [-0.25, -0.2) is 0 Å². The van der Waals surface area contributed by atoms with Crippen molar-refractivity contribution in [2.75, 3.05) is 19.7 Å². The van der Waals surface area contributed by atoms with Crippen molar-refractivity contribution < 1.29 is 19.1 Å². The fourth-order valence-electron chi connectivity index (χ4n) is 4.52. The lowest BCUT2D eigenvalue weighted by molar-refractivity contribution is -0.136. The molecule has 6 heteroatoms. The van der Waals surface area contributed by atoms with Crippen molar-refractivity contribution in [3.8, 4) is 11.5 Å². The molecule has 0 aromatic heterocycles. The molecule has 2 aromatic carbocycles. The zero-order chi connectivity index (χ0) is 18.4. The summed E-state index contributed by atoms with van der Waals surface area (Å²) in [5.41, 5.74) is -0.0466. The largest absolute Gasteiger partial charge is 0.457 e. The minimum absolute atomic E-state index is 0.0798. The number of benzene rings is 2. The van der Waals surface area contributed by atoms with Gasteiger partial charge in [0.1, 0.15) is 11.5 Å². The molecule has 3 aliphatic rings. The van der Waals surface area contributed by atoms with Crippen molar-refractivity contribution in [3.63, 3.8) is 0 Å². The molecule has 27 heavy (non-hydrogen) atoms. The van der Waals surface area contributed by atoms with E-state index in [0.29, 0.717) is 43.9 Å². The number of nitrogens with zero attached hydrogens (tertiary/aromatic N) is 2. The highest BCUT2D eigenvalue weighted by molar-refractivity contribution is 5.96. The molecule has 2 atom stereocenters. The first-order valence-electron chi connectivity index (χ1n) is 9.26. The third-order valence-corrected chi connectivity index (χ3v) is 5.72. The van der Waals surface area contributed by atoms with Crippen LogP contribution in [0.25, 0.3) is 0 Å². The molecule has 1 spiro atoms. The smallest absolute Gasteiger partial charge is 0.254 e. The molecule has 0 aliphatic carbocycles. The minimum Gasteiger partial charge on any atom is -0.457 e. The maximum absolute atomic E-state index is 13.2. The zero-order valence-electron chi connectivity index (χ0n) is 14.8. The van der Waals surface area contributed by atoms with Crippen LogP contribution in [0, 0.1) is 0 Å². The molecular formula is C21H20N2O4. The number of hydrogen-bond acceptors (Lipinski definition) is 4. The summed E-state index contributed by atoms with van der Waals surface area (Å²) < 4.78 is 11.8. The molecule has 2 amide bonds. The average Bonchev–Trinajstić information content (AvgIpc) is 3.33. The second-order valence-corrected chi connectivity index (χ2v) is 7.15. The first-order chi connectivity index (χ1) is 13.2. The number of likely N-dealkylation sites (tertiary alicyclic amines) is 1. The van der Waals surface area contributed by atoms with Gasteiger partial charge in [0.05, 0.1) is 19.1 Å². The number of hydrogen-bond donors (Lipinski definition) is 0. The Morgan fingerprint density at radius 1 is 1.07 bits per heavy atom. The second-order valence-electron chi connectivity index (χ2n) is 7.15. The van der Waals surface area contributed by atoms with Crippen molar-refractivity contribution in [2.24, 2.45) is 0 Å². The molecule has 5 rings (SSSR count). The third-order valence-electron chi connectivity index (χ3n) is 5.72. The molecule has 0 unspecified atom stereocenters. The number of para-hydroxylation sites is 1. The standard InChI is InChI=1S/C21H20N2O4/c24-19-14-18-21(23(19)11-12-26-21)9-10-22(18)20(25)15-5-4-8-17(13-15)27-16-6-2-1-3-7-16/h1-8,13,18H,9-12,14H2/t18-,21+/m1/s1. The van der Waals surface area contributed by atoms with Crippen LogP contribution in [-0.2, 0) is 9.53 Å². The Balaban J connectivity index is 1.39. The zero-order valence-corrected chi connectivity index (χ0v) is 14.8. The molecule has 138 valence electrons. The molecular weight excluding hydrogens is 344 g/mol. The molecule has 3 aliphatic heterocycles. The number of carbonyl (C=O) groups is 2. The molecule has 3 fully saturated rings.